The molecule has 1 N–H and O–H groups in total. The van der Waals surface area contributed by atoms with Gasteiger partial charge >= 0.3 is 0 Å². The highest BCUT2D eigenvalue weighted by Crippen LogP contribution is 2.40. The molecule has 0 saturated carbocycles. The summed E-state index contributed by atoms with van der Waals surface area (Å²) in [6.07, 6.45) is 1.97. The lowest BCUT2D eigenvalue weighted by Gasteiger charge is -2.22. The van der Waals surface area contributed by atoms with Gasteiger partial charge in [-0.15, -0.1) is 0 Å². The van der Waals surface area contributed by atoms with Gasteiger partial charge in [0.2, 0.25) is 5.13 Å². The molecular formula is C28H21N5O2S. The predicted molar refractivity (Wildman–Crippen MR) is 141 cm³/mol. The molecule has 0 radical (unpaired) electrons. The first-order valence-corrected chi connectivity index (χ1v) is 12.2. The number of allylic oxidation sites excluding steroid dienone is 2. The van der Waals surface area contributed by atoms with Crippen molar-refractivity contribution < 1.29 is 9.53 Å². The molecule has 5 aromatic rings. The number of carbonyl (C=O) groups excluding carboxylic acids is 1. The number of anilines is 1. The van der Waals surface area contributed by atoms with Gasteiger partial charge in [-0.3, -0.25) is 4.79 Å². The van der Waals surface area contributed by atoms with E-state index in [1.165, 1.54) is 17.9 Å². The standard InChI is InChI=1S/C28H21N5O2S/c1-35-21-14-12-19(13-15-21)24-22(31-28-29-17-30-36-28)16-23-25(18-8-4-2-5-9-18)26(32-33(23)27(24)34)20-10-6-3-7-11-20/h2-15,17H,16H2,1H3,(H,29,30,31). The SMILES string of the molecule is COc1ccc(C2=C(Nc3ncns3)Cc3c(-c4ccccc4)c(-c4ccccc4)nn3C2=O)cc1. The van der Waals surface area contributed by atoms with Gasteiger partial charge in [0.15, 0.2) is 0 Å². The molecule has 0 saturated heterocycles. The quantitative estimate of drug-likeness (QED) is 0.323. The smallest absolute Gasteiger partial charge is 0.280 e. The number of nitrogens with one attached hydrogen (secondary N) is 1. The van der Waals surface area contributed by atoms with Crippen LogP contribution < -0.4 is 10.1 Å². The Labute approximate surface area is 211 Å². The average molecular weight is 492 g/mol. The zero-order valence-electron chi connectivity index (χ0n) is 19.4. The van der Waals surface area contributed by atoms with Crippen molar-refractivity contribution in [2.24, 2.45) is 0 Å². The van der Waals surface area contributed by atoms with Crippen LogP contribution in [-0.4, -0.2) is 32.2 Å². The molecule has 2 aromatic heterocycles. The molecule has 1 aliphatic heterocycles. The fourth-order valence-electron chi connectivity index (χ4n) is 4.50. The Morgan fingerprint density at radius 1 is 0.889 bits per heavy atom. The monoisotopic (exact) mass is 491 g/mol. The van der Waals surface area contributed by atoms with Crippen LogP contribution in [-0.2, 0) is 6.42 Å². The first-order chi connectivity index (χ1) is 17.7. The molecular weight excluding hydrogens is 470 g/mol. The summed E-state index contributed by atoms with van der Waals surface area (Å²) in [5.41, 5.74) is 6.58. The lowest BCUT2D eigenvalue weighted by molar-refractivity contribution is 0.0958. The first-order valence-electron chi connectivity index (χ1n) is 11.4. The third-order valence-electron chi connectivity index (χ3n) is 6.14. The summed E-state index contributed by atoms with van der Waals surface area (Å²) < 4.78 is 11.0. The van der Waals surface area contributed by atoms with E-state index in [4.69, 9.17) is 9.84 Å². The minimum atomic E-state index is -0.201. The van der Waals surface area contributed by atoms with Crippen LogP contribution in [0.4, 0.5) is 5.13 Å². The van der Waals surface area contributed by atoms with Crippen molar-refractivity contribution in [3.05, 3.63) is 108 Å². The zero-order chi connectivity index (χ0) is 24.5. The summed E-state index contributed by atoms with van der Waals surface area (Å²) in [4.78, 5) is 18.4. The molecule has 6 rings (SSSR count). The third-order valence-corrected chi connectivity index (χ3v) is 6.72. The van der Waals surface area contributed by atoms with E-state index in [9.17, 15) is 4.79 Å². The van der Waals surface area contributed by atoms with Gasteiger partial charge in [0.1, 0.15) is 17.8 Å². The molecule has 1 aliphatic rings. The number of nitrogens with zero attached hydrogens (tertiary/aromatic N) is 4. The molecule has 8 heteroatoms. The molecule has 0 bridgehead atoms. The second-order valence-corrected chi connectivity index (χ2v) is 9.03. The van der Waals surface area contributed by atoms with E-state index in [0.717, 1.165) is 45.1 Å². The topological polar surface area (TPSA) is 81.9 Å². The lowest BCUT2D eigenvalue weighted by atomic mass is 9.92. The Kier molecular flexibility index (Phi) is 5.63. The second-order valence-electron chi connectivity index (χ2n) is 8.25. The fraction of sp³-hybridized carbons (Fsp3) is 0.0714. The summed E-state index contributed by atoms with van der Waals surface area (Å²) in [6.45, 7) is 0. The zero-order valence-corrected chi connectivity index (χ0v) is 20.2. The van der Waals surface area contributed by atoms with Gasteiger partial charge in [-0.05, 0) is 23.3 Å². The van der Waals surface area contributed by atoms with Gasteiger partial charge in [0.05, 0.1) is 18.4 Å². The Morgan fingerprint density at radius 3 is 2.22 bits per heavy atom. The van der Waals surface area contributed by atoms with Crippen LogP contribution in [0.1, 0.15) is 16.1 Å². The van der Waals surface area contributed by atoms with Gasteiger partial charge < -0.3 is 10.1 Å². The summed E-state index contributed by atoms with van der Waals surface area (Å²) >= 11 is 1.24. The van der Waals surface area contributed by atoms with Crippen LogP contribution >= 0.6 is 11.5 Å². The molecule has 0 unspecified atom stereocenters. The van der Waals surface area contributed by atoms with Crippen molar-refractivity contribution in [1.82, 2.24) is 19.1 Å². The molecule has 0 aliphatic carbocycles. The molecule has 36 heavy (non-hydrogen) atoms. The number of carbonyl (C=O) groups is 1. The lowest BCUT2D eigenvalue weighted by Crippen LogP contribution is -2.26. The number of aromatic nitrogens is 4. The largest absolute Gasteiger partial charge is 0.497 e. The van der Waals surface area contributed by atoms with E-state index >= 15 is 0 Å². The van der Waals surface area contributed by atoms with Crippen LogP contribution in [0.2, 0.25) is 0 Å². The highest BCUT2D eigenvalue weighted by Gasteiger charge is 2.33. The molecule has 0 amide bonds. The van der Waals surface area contributed by atoms with Gasteiger partial charge in [0, 0.05) is 34.8 Å². The third kappa shape index (κ3) is 3.87. The molecule has 3 aromatic carbocycles. The number of ether oxygens (including phenoxy) is 1. The van der Waals surface area contributed by atoms with Crippen molar-refractivity contribution in [3.8, 4) is 28.1 Å². The number of hydrogen-bond acceptors (Lipinski definition) is 7. The number of rotatable bonds is 6. The van der Waals surface area contributed by atoms with E-state index in [1.54, 1.807) is 11.8 Å². The maximum atomic E-state index is 14.1. The Balaban J connectivity index is 1.56. The number of fused-ring (bicyclic) bond motifs is 1. The molecule has 0 atom stereocenters. The summed E-state index contributed by atoms with van der Waals surface area (Å²) in [6, 6.07) is 27.5. The van der Waals surface area contributed by atoms with Gasteiger partial charge in [0.25, 0.3) is 5.91 Å². The normalized spacial score (nSPS) is 13.0. The van der Waals surface area contributed by atoms with Crippen molar-refractivity contribution in [3.63, 3.8) is 0 Å². The van der Waals surface area contributed by atoms with Crippen molar-refractivity contribution >= 4 is 28.1 Å². The number of benzene rings is 3. The van der Waals surface area contributed by atoms with Crippen LogP contribution in [0.25, 0.3) is 28.0 Å². The van der Waals surface area contributed by atoms with Crippen LogP contribution in [0.3, 0.4) is 0 Å². The fourth-order valence-corrected chi connectivity index (χ4v) is 4.96. The van der Waals surface area contributed by atoms with E-state index in [-0.39, 0.29) is 5.91 Å². The highest BCUT2D eigenvalue weighted by molar-refractivity contribution is 7.09. The summed E-state index contributed by atoms with van der Waals surface area (Å²) in [5.74, 6) is 0.520. The minimum Gasteiger partial charge on any atom is -0.497 e. The van der Waals surface area contributed by atoms with Crippen molar-refractivity contribution in [1.29, 1.82) is 0 Å². The second kappa shape index (κ2) is 9.24. The van der Waals surface area contributed by atoms with Gasteiger partial charge in [-0.2, -0.15) is 14.2 Å². The van der Waals surface area contributed by atoms with Gasteiger partial charge in [-0.25, -0.2) is 4.98 Å². The minimum absolute atomic E-state index is 0.201. The number of methoxy groups -OCH3 is 1. The Hall–Kier alpha value is -4.56. The summed E-state index contributed by atoms with van der Waals surface area (Å²) in [7, 11) is 1.62. The molecule has 0 fully saturated rings. The predicted octanol–water partition coefficient (Wildman–Crippen LogP) is 5.80. The average Bonchev–Trinajstić information content (AvgIpc) is 3.58. The highest BCUT2D eigenvalue weighted by atomic mass is 32.1. The summed E-state index contributed by atoms with van der Waals surface area (Å²) in [5, 5.41) is 8.87. The van der Waals surface area contributed by atoms with Crippen molar-refractivity contribution in [2.75, 3.05) is 12.4 Å². The van der Waals surface area contributed by atoms with Crippen LogP contribution in [0, 0.1) is 0 Å². The number of hydrogen-bond donors (Lipinski definition) is 1. The van der Waals surface area contributed by atoms with E-state index < -0.39 is 0 Å². The van der Waals surface area contributed by atoms with Crippen LogP contribution in [0.5, 0.6) is 5.75 Å². The van der Waals surface area contributed by atoms with E-state index in [0.29, 0.717) is 17.1 Å². The van der Waals surface area contributed by atoms with Crippen LogP contribution in [0.15, 0.2) is 97.0 Å². The van der Waals surface area contributed by atoms with Crippen molar-refractivity contribution in [2.45, 2.75) is 6.42 Å². The molecule has 3 heterocycles. The van der Waals surface area contributed by atoms with E-state index in [1.807, 2.05) is 72.8 Å². The maximum absolute atomic E-state index is 14.1. The molecule has 7 nitrogen and oxygen atoms in total. The Bertz CT molecular complexity index is 1560. The Morgan fingerprint density at radius 2 is 1.58 bits per heavy atom. The first kappa shape index (κ1) is 21.9. The van der Waals surface area contributed by atoms with Gasteiger partial charge in [-0.1, -0.05) is 72.8 Å². The molecule has 176 valence electrons. The molecule has 0 spiro atoms. The van der Waals surface area contributed by atoms with E-state index in [2.05, 4.69) is 26.8 Å². The maximum Gasteiger partial charge on any atom is 0.280 e.